The molecule has 4 rings (SSSR count). The fraction of sp³-hybridized carbons (Fsp3) is 0.625. The maximum atomic E-state index is 13.2. The molecule has 3 fully saturated rings. The molecule has 2 aliphatic carbocycles. The summed E-state index contributed by atoms with van der Waals surface area (Å²) in [6, 6.07) is 7.34. The summed E-state index contributed by atoms with van der Waals surface area (Å²) >= 11 is 1.90. The highest BCUT2D eigenvalue weighted by Crippen LogP contribution is 2.46. The molecule has 1 aliphatic heterocycles. The molecule has 1 heterocycles. The summed E-state index contributed by atoms with van der Waals surface area (Å²) in [5.74, 6) is -0.294. The van der Waals surface area contributed by atoms with E-state index < -0.39 is 11.6 Å². The van der Waals surface area contributed by atoms with Crippen LogP contribution in [0.5, 0.6) is 0 Å². The van der Waals surface area contributed by atoms with E-state index >= 15 is 0 Å². The van der Waals surface area contributed by atoms with E-state index in [-0.39, 0.29) is 23.8 Å². The van der Waals surface area contributed by atoms with Crippen LogP contribution >= 0.6 is 11.8 Å². The van der Waals surface area contributed by atoms with Gasteiger partial charge in [-0.15, -0.1) is 11.8 Å². The predicted octanol–water partition coefficient (Wildman–Crippen LogP) is 4.80. The summed E-state index contributed by atoms with van der Waals surface area (Å²) in [4.78, 5) is 40.6. The molecule has 2 unspecified atom stereocenters. The van der Waals surface area contributed by atoms with Gasteiger partial charge in [0.05, 0.1) is 0 Å². The number of hydrogen-bond acceptors (Lipinski definition) is 4. The highest BCUT2D eigenvalue weighted by Gasteiger charge is 2.56. The third-order valence-electron chi connectivity index (χ3n) is 6.67. The largest absolute Gasteiger partial charge is 0.325 e. The lowest BCUT2D eigenvalue weighted by Gasteiger charge is -2.43. The van der Waals surface area contributed by atoms with Gasteiger partial charge in [-0.05, 0) is 67.7 Å². The first-order valence-electron chi connectivity index (χ1n) is 11.4. The summed E-state index contributed by atoms with van der Waals surface area (Å²) in [7, 11) is 0. The van der Waals surface area contributed by atoms with Crippen LogP contribution in [0.1, 0.15) is 65.7 Å². The lowest BCUT2D eigenvalue weighted by atomic mass is 9.64. The third-order valence-corrected chi connectivity index (χ3v) is 8.02. The van der Waals surface area contributed by atoms with Crippen molar-refractivity contribution in [3.63, 3.8) is 0 Å². The number of amides is 4. The molecule has 31 heavy (non-hydrogen) atoms. The lowest BCUT2D eigenvalue weighted by molar-refractivity contribution is -0.136. The Hall–Kier alpha value is -2.02. The fourth-order valence-corrected chi connectivity index (χ4v) is 7.06. The average molecular weight is 444 g/mol. The number of hydrogen-bond donors (Lipinski definition) is 2. The fourth-order valence-electron chi connectivity index (χ4n) is 5.81. The van der Waals surface area contributed by atoms with Gasteiger partial charge < -0.3 is 10.6 Å². The van der Waals surface area contributed by atoms with Crippen LogP contribution in [0.2, 0.25) is 0 Å². The smallest absolute Gasteiger partial charge is 0.325 e. The minimum absolute atomic E-state index is 0.0306. The maximum absolute atomic E-state index is 13.2. The van der Waals surface area contributed by atoms with Gasteiger partial charge in [-0.1, -0.05) is 33.6 Å². The van der Waals surface area contributed by atoms with E-state index in [0.717, 1.165) is 11.3 Å². The van der Waals surface area contributed by atoms with Gasteiger partial charge in [-0.25, -0.2) is 4.79 Å². The van der Waals surface area contributed by atoms with Crippen LogP contribution < -0.4 is 10.6 Å². The van der Waals surface area contributed by atoms with E-state index in [9.17, 15) is 14.4 Å². The van der Waals surface area contributed by atoms with Gasteiger partial charge in [0.25, 0.3) is 5.91 Å². The monoisotopic (exact) mass is 443 g/mol. The van der Waals surface area contributed by atoms with Crippen molar-refractivity contribution in [2.75, 3.05) is 11.9 Å². The zero-order valence-electron chi connectivity index (χ0n) is 18.7. The SMILES string of the molecule is CC1CC(C)(C)CC2(C1)NC(=O)N(CC(=O)Nc1ccc(SC3CCCC3)cc1)C2=O. The number of benzene rings is 1. The molecule has 2 atom stereocenters. The number of nitrogens with zero attached hydrogens (tertiary/aromatic N) is 1. The van der Waals surface area contributed by atoms with Crippen LogP contribution in [0.3, 0.4) is 0 Å². The Balaban J connectivity index is 1.36. The second-order valence-electron chi connectivity index (χ2n) is 10.4. The minimum atomic E-state index is -0.877. The van der Waals surface area contributed by atoms with Crippen molar-refractivity contribution in [3.05, 3.63) is 24.3 Å². The van der Waals surface area contributed by atoms with E-state index in [0.29, 0.717) is 29.7 Å². The predicted molar refractivity (Wildman–Crippen MR) is 123 cm³/mol. The normalized spacial score (nSPS) is 28.2. The Morgan fingerprint density at radius 1 is 1.16 bits per heavy atom. The Morgan fingerprint density at radius 3 is 2.48 bits per heavy atom. The zero-order valence-corrected chi connectivity index (χ0v) is 19.5. The topological polar surface area (TPSA) is 78.5 Å². The molecule has 168 valence electrons. The van der Waals surface area contributed by atoms with Crippen molar-refractivity contribution in [1.82, 2.24) is 10.2 Å². The molecule has 2 saturated carbocycles. The van der Waals surface area contributed by atoms with Crippen molar-refractivity contribution in [2.24, 2.45) is 11.3 Å². The first-order chi connectivity index (χ1) is 14.7. The van der Waals surface area contributed by atoms with Crippen molar-refractivity contribution in [2.45, 2.75) is 81.4 Å². The number of carbonyl (C=O) groups excluding carboxylic acids is 3. The van der Waals surface area contributed by atoms with Crippen LogP contribution in [-0.2, 0) is 9.59 Å². The summed E-state index contributed by atoms with van der Waals surface area (Å²) in [5.41, 5.74) is -0.232. The lowest BCUT2D eigenvalue weighted by Crippen LogP contribution is -2.54. The van der Waals surface area contributed by atoms with E-state index in [1.165, 1.54) is 30.6 Å². The molecule has 0 bridgehead atoms. The molecule has 0 aromatic heterocycles. The minimum Gasteiger partial charge on any atom is -0.325 e. The van der Waals surface area contributed by atoms with Crippen molar-refractivity contribution in [3.8, 4) is 0 Å². The molecule has 4 amide bonds. The van der Waals surface area contributed by atoms with E-state index in [1.54, 1.807) is 0 Å². The second-order valence-corrected chi connectivity index (χ2v) is 11.7. The summed E-state index contributed by atoms with van der Waals surface area (Å²) in [6.07, 6.45) is 7.41. The number of thioether (sulfide) groups is 1. The first-order valence-corrected chi connectivity index (χ1v) is 12.2. The molecular weight excluding hydrogens is 410 g/mol. The van der Waals surface area contributed by atoms with Crippen LogP contribution in [-0.4, -0.2) is 40.1 Å². The molecule has 1 aromatic carbocycles. The highest BCUT2D eigenvalue weighted by molar-refractivity contribution is 8.00. The van der Waals surface area contributed by atoms with Crippen LogP contribution in [0.4, 0.5) is 10.5 Å². The Morgan fingerprint density at radius 2 is 1.84 bits per heavy atom. The number of anilines is 1. The van der Waals surface area contributed by atoms with Crippen LogP contribution in [0, 0.1) is 11.3 Å². The molecule has 1 spiro atoms. The van der Waals surface area contributed by atoms with E-state index in [4.69, 9.17) is 0 Å². The van der Waals surface area contributed by atoms with Gasteiger partial charge in [0.1, 0.15) is 12.1 Å². The van der Waals surface area contributed by atoms with Crippen LogP contribution in [0.25, 0.3) is 0 Å². The molecule has 3 aliphatic rings. The Kier molecular flexibility index (Phi) is 6.08. The molecule has 1 saturated heterocycles. The van der Waals surface area contributed by atoms with E-state index in [1.807, 2.05) is 36.0 Å². The molecular formula is C24H33N3O3S. The van der Waals surface area contributed by atoms with Gasteiger partial charge in [0.2, 0.25) is 5.91 Å². The summed E-state index contributed by atoms with van der Waals surface area (Å²) in [5, 5.41) is 6.44. The zero-order chi connectivity index (χ0) is 22.2. The molecule has 7 heteroatoms. The molecule has 6 nitrogen and oxygen atoms in total. The van der Waals surface area contributed by atoms with Crippen molar-refractivity contribution in [1.29, 1.82) is 0 Å². The number of urea groups is 1. The van der Waals surface area contributed by atoms with Gasteiger partial charge in [-0.2, -0.15) is 0 Å². The number of rotatable bonds is 5. The van der Waals surface area contributed by atoms with Gasteiger partial charge in [-0.3, -0.25) is 14.5 Å². The number of carbonyl (C=O) groups is 3. The van der Waals surface area contributed by atoms with Gasteiger partial charge in [0.15, 0.2) is 0 Å². The average Bonchev–Trinajstić information content (AvgIpc) is 3.24. The van der Waals surface area contributed by atoms with Gasteiger partial charge in [0, 0.05) is 15.8 Å². The Labute approximate surface area is 188 Å². The maximum Gasteiger partial charge on any atom is 0.325 e. The quantitative estimate of drug-likeness (QED) is 0.641. The molecule has 2 N–H and O–H groups in total. The Bertz CT molecular complexity index is 863. The summed E-state index contributed by atoms with van der Waals surface area (Å²) in [6.45, 7) is 6.12. The standard InChI is InChI=1S/C24H33N3O3S/c1-16-12-23(2,3)15-24(13-16)21(29)27(22(30)26-24)14-20(28)25-17-8-10-19(11-9-17)31-18-6-4-5-7-18/h8-11,16,18H,4-7,12-15H2,1-3H3,(H,25,28)(H,26,30). The van der Waals surface area contributed by atoms with Crippen molar-refractivity contribution < 1.29 is 14.4 Å². The van der Waals surface area contributed by atoms with Gasteiger partial charge >= 0.3 is 6.03 Å². The van der Waals surface area contributed by atoms with Crippen LogP contribution in [0.15, 0.2) is 29.2 Å². The van der Waals surface area contributed by atoms with E-state index in [2.05, 4.69) is 31.4 Å². The second kappa shape index (κ2) is 8.49. The number of nitrogens with one attached hydrogen (secondary N) is 2. The number of imide groups is 1. The third kappa shape index (κ3) is 4.92. The van der Waals surface area contributed by atoms with Crippen molar-refractivity contribution >= 4 is 35.3 Å². The molecule has 1 aromatic rings. The summed E-state index contributed by atoms with van der Waals surface area (Å²) < 4.78 is 0. The highest BCUT2D eigenvalue weighted by atomic mass is 32.2. The first kappa shape index (κ1) is 22.2. The molecule has 0 radical (unpaired) electrons.